The number of amides is 1. The Bertz CT molecular complexity index is 406. The number of aliphatic hydroxyl groups is 1. The van der Waals surface area contributed by atoms with Crippen LogP contribution in [0.15, 0.2) is 24.3 Å². The second-order valence-corrected chi connectivity index (χ2v) is 3.82. The first-order valence-electron chi connectivity index (χ1n) is 5.02. The Hall–Kier alpha value is -1.27. The maximum absolute atomic E-state index is 12.3. The molecule has 1 atom stereocenters. The molecular formula is C11H11ClF3NO2. The summed E-state index contributed by atoms with van der Waals surface area (Å²) in [6.45, 7) is -0.423. The Morgan fingerprint density at radius 2 is 1.89 bits per heavy atom. The number of hydrogen-bond donors (Lipinski definition) is 2. The predicted molar refractivity (Wildman–Crippen MR) is 60.1 cm³/mol. The summed E-state index contributed by atoms with van der Waals surface area (Å²) >= 11 is 5.28. The highest BCUT2D eigenvalue weighted by Gasteiger charge is 2.30. The molecule has 2 N–H and O–H groups in total. The highest BCUT2D eigenvalue weighted by Crippen LogP contribution is 2.29. The fourth-order valence-electron chi connectivity index (χ4n) is 1.37. The Morgan fingerprint density at radius 3 is 2.28 bits per heavy atom. The van der Waals surface area contributed by atoms with E-state index >= 15 is 0 Å². The van der Waals surface area contributed by atoms with E-state index in [9.17, 15) is 18.0 Å². The summed E-state index contributed by atoms with van der Waals surface area (Å²) in [5, 5.41) is 11.5. The summed E-state index contributed by atoms with van der Waals surface area (Å²) in [5.74, 6) is -0.785. The first-order chi connectivity index (χ1) is 8.38. The van der Waals surface area contributed by atoms with E-state index in [1.54, 1.807) is 0 Å². The van der Waals surface area contributed by atoms with Crippen molar-refractivity contribution in [2.75, 3.05) is 12.5 Å². The van der Waals surface area contributed by atoms with Crippen LogP contribution in [0.4, 0.5) is 13.2 Å². The molecule has 0 aliphatic carbocycles. The maximum Gasteiger partial charge on any atom is 0.416 e. The number of benzene rings is 1. The largest absolute Gasteiger partial charge is 0.416 e. The zero-order valence-electron chi connectivity index (χ0n) is 9.17. The fraction of sp³-hybridized carbons (Fsp3) is 0.364. The molecule has 0 aromatic heterocycles. The van der Waals surface area contributed by atoms with Gasteiger partial charge in [0.15, 0.2) is 0 Å². The van der Waals surface area contributed by atoms with Gasteiger partial charge in [0.25, 0.3) is 0 Å². The Labute approximate surface area is 107 Å². The minimum absolute atomic E-state index is 0.281. The van der Waals surface area contributed by atoms with Crippen LogP contribution >= 0.6 is 11.6 Å². The minimum Gasteiger partial charge on any atom is -0.394 e. The van der Waals surface area contributed by atoms with Gasteiger partial charge in [-0.05, 0) is 17.7 Å². The fourth-order valence-corrected chi connectivity index (χ4v) is 1.45. The van der Waals surface area contributed by atoms with Gasteiger partial charge >= 0.3 is 6.18 Å². The average Bonchev–Trinajstić information content (AvgIpc) is 2.34. The zero-order chi connectivity index (χ0) is 13.8. The summed E-state index contributed by atoms with van der Waals surface area (Å²) < 4.78 is 37.0. The van der Waals surface area contributed by atoms with E-state index in [1.165, 1.54) is 12.1 Å². The van der Waals surface area contributed by atoms with Crippen LogP contribution in [0.3, 0.4) is 0 Å². The van der Waals surface area contributed by atoms with Crippen molar-refractivity contribution < 1.29 is 23.1 Å². The van der Waals surface area contributed by atoms with Crippen LogP contribution in [-0.4, -0.2) is 23.5 Å². The molecule has 18 heavy (non-hydrogen) atoms. The number of carbonyl (C=O) groups is 1. The molecule has 0 aliphatic rings. The van der Waals surface area contributed by atoms with Crippen molar-refractivity contribution in [3.05, 3.63) is 35.4 Å². The quantitative estimate of drug-likeness (QED) is 0.831. The van der Waals surface area contributed by atoms with Gasteiger partial charge in [-0.2, -0.15) is 13.2 Å². The van der Waals surface area contributed by atoms with Crippen LogP contribution in [0, 0.1) is 0 Å². The Balaban J connectivity index is 2.85. The summed E-state index contributed by atoms with van der Waals surface area (Å²) in [7, 11) is 0. The van der Waals surface area contributed by atoms with Crippen molar-refractivity contribution in [1.82, 2.24) is 5.32 Å². The summed E-state index contributed by atoms with van der Waals surface area (Å²) in [5.41, 5.74) is -0.407. The molecule has 3 nitrogen and oxygen atoms in total. The van der Waals surface area contributed by atoms with Crippen molar-refractivity contribution in [3.63, 3.8) is 0 Å². The molecule has 0 saturated heterocycles. The van der Waals surface area contributed by atoms with Gasteiger partial charge in [0.1, 0.15) is 5.88 Å². The van der Waals surface area contributed by atoms with Gasteiger partial charge in [-0.15, -0.1) is 11.6 Å². The van der Waals surface area contributed by atoms with E-state index in [1.807, 2.05) is 0 Å². The molecule has 0 saturated carbocycles. The van der Waals surface area contributed by atoms with Crippen LogP contribution in [0.25, 0.3) is 0 Å². The number of halogens is 4. The standard InChI is InChI=1S/C11H11ClF3NO2/c12-5-10(18)16-9(6-17)7-1-3-8(4-2-7)11(13,14)15/h1-4,9,17H,5-6H2,(H,16,18). The third kappa shape index (κ3) is 3.89. The van der Waals surface area contributed by atoms with Crippen molar-refractivity contribution >= 4 is 17.5 Å². The third-order valence-electron chi connectivity index (χ3n) is 2.28. The highest BCUT2D eigenvalue weighted by atomic mass is 35.5. The molecule has 1 amide bonds. The zero-order valence-corrected chi connectivity index (χ0v) is 9.92. The van der Waals surface area contributed by atoms with E-state index in [-0.39, 0.29) is 5.88 Å². The molecule has 0 spiro atoms. The van der Waals surface area contributed by atoms with Gasteiger partial charge < -0.3 is 10.4 Å². The van der Waals surface area contributed by atoms with Crippen LogP contribution in [0.1, 0.15) is 17.2 Å². The van der Waals surface area contributed by atoms with E-state index in [0.29, 0.717) is 5.56 Å². The Morgan fingerprint density at radius 1 is 1.33 bits per heavy atom. The summed E-state index contributed by atoms with van der Waals surface area (Å²) in [6.07, 6.45) is -4.41. The number of carbonyl (C=O) groups excluding carboxylic acids is 1. The molecule has 0 fully saturated rings. The van der Waals surface area contributed by atoms with Crippen LogP contribution in [0.5, 0.6) is 0 Å². The molecule has 1 aromatic carbocycles. The monoisotopic (exact) mass is 281 g/mol. The molecule has 0 bridgehead atoms. The van der Waals surface area contributed by atoms with Gasteiger partial charge in [-0.25, -0.2) is 0 Å². The molecule has 0 heterocycles. The molecule has 0 aliphatic heterocycles. The van der Waals surface area contributed by atoms with E-state index in [0.717, 1.165) is 12.1 Å². The van der Waals surface area contributed by atoms with E-state index in [2.05, 4.69) is 5.32 Å². The third-order valence-corrected chi connectivity index (χ3v) is 2.52. The second kappa shape index (κ2) is 6.06. The number of nitrogens with one attached hydrogen (secondary N) is 1. The van der Waals surface area contributed by atoms with E-state index in [4.69, 9.17) is 16.7 Å². The van der Waals surface area contributed by atoms with Gasteiger partial charge in [0.2, 0.25) is 5.91 Å². The van der Waals surface area contributed by atoms with Crippen molar-refractivity contribution in [3.8, 4) is 0 Å². The van der Waals surface area contributed by atoms with Crippen molar-refractivity contribution in [2.24, 2.45) is 0 Å². The molecule has 7 heteroatoms. The smallest absolute Gasteiger partial charge is 0.394 e. The molecular weight excluding hydrogens is 271 g/mol. The number of aliphatic hydroxyl groups excluding tert-OH is 1. The first kappa shape index (κ1) is 14.8. The van der Waals surface area contributed by atoms with Crippen molar-refractivity contribution in [2.45, 2.75) is 12.2 Å². The Kier molecular flexibility index (Phi) is 4.98. The predicted octanol–water partition coefficient (Wildman–Crippen LogP) is 2.09. The maximum atomic E-state index is 12.3. The number of alkyl halides is 4. The minimum atomic E-state index is -4.41. The normalized spacial score (nSPS) is 13.2. The van der Waals surface area contributed by atoms with Crippen LogP contribution < -0.4 is 5.32 Å². The van der Waals surface area contributed by atoms with Gasteiger partial charge in [-0.3, -0.25) is 4.79 Å². The lowest BCUT2D eigenvalue weighted by atomic mass is 10.1. The SMILES string of the molecule is O=C(CCl)NC(CO)c1ccc(C(F)(F)F)cc1. The molecule has 1 rings (SSSR count). The first-order valence-corrected chi connectivity index (χ1v) is 5.55. The average molecular weight is 282 g/mol. The van der Waals surface area contributed by atoms with Gasteiger partial charge in [-0.1, -0.05) is 12.1 Å². The molecule has 0 radical (unpaired) electrons. The number of rotatable bonds is 4. The lowest BCUT2D eigenvalue weighted by Gasteiger charge is -2.16. The summed E-state index contributed by atoms with van der Waals surface area (Å²) in [6, 6.07) is 3.44. The van der Waals surface area contributed by atoms with Gasteiger partial charge in [0.05, 0.1) is 18.2 Å². The van der Waals surface area contributed by atoms with Crippen LogP contribution in [-0.2, 0) is 11.0 Å². The molecule has 1 aromatic rings. The van der Waals surface area contributed by atoms with Crippen molar-refractivity contribution in [1.29, 1.82) is 0 Å². The lowest BCUT2D eigenvalue weighted by molar-refractivity contribution is -0.137. The van der Waals surface area contributed by atoms with Crippen LogP contribution in [0.2, 0.25) is 0 Å². The molecule has 1 unspecified atom stereocenters. The second-order valence-electron chi connectivity index (χ2n) is 3.56. The highest BCUT2D eigenvalue weighted by molar-refractivity contribution is 6.27. The van der Waals surface area contributed by atoms with Gasteiger partial charge in [0, 0.05) is 0 Å². The topological polar surface area (TPSA) is 49.3 Å². The van der Waals surface area contributed by atoms with E-state index < -0.39 is 30.3 Å². The lowest BCUT2D eigenvalue weighted by Crippen LogP contribution is -2.31. The number of hydrogen-bond acceptors (Lipinski definition) is 2. The summed E-state index contributed by atoms with van der Waals surface area (Å²) in [4.78, 5) is 11.0. The molecule has 100 valence electrons.